The van der Waals surface area contributed by atoms with Crippen LogP contribution in [0.2, 0.25) is 0 Å². The number of carbonyl (C=O) groups excluding carboxylic acids is 2. The van der Waals surface area contributed by atoms with Gasteiger partial charge in [-0.3, -0.25) is 14.5 Å². The number of methoxy groups -OCH3 is 1. The SMILES string of the molecule is COc1ccccc1/C=C1\SC(=S)N(CCC(=O)N2CCOCC2)C1=O. The van der Waals surface area contributed by atoms with Crippen molar-refractivity contribution in [3.05, 3.63) is 34.7 Å². The second-order valence-electron chi connectivity index (χ2n) is 5.82. The number of ether oxygens (including phenoxy) is 2. The summed E-state index contributed by atoms with van der Waals surface area (Å²) in [6, 6.07) is 7.48. The molecule has 0 radical (unpaired) electrons. The van der Waals surface area contributed by atoms with Crippen molar-refractivity contribution < 1.29 is 19.1 Å². The van der Waals surface area contributed by atoms with Crippen molar-refractivity contribution in [2.24, 2.45) is 0 Å². The van der Waals surface area contributed by atoms with Crippen molar-refractivity contribution in [2.45, 2.75) is 6.42 Å². The van der Waals surface area contributed by atoms with E-state index >= 15 is 0 Å². The Morgan fingerprint density at radius 1 is 1.35 bits per heavy atom. The van der Waals surface area contributed by atoms with Gasteiger partial charge in [-0.1, -0.05) is 42.2 Å². The van der Waals surface area contributed by atoms with Crippen LogP contribution in [-0.2, 0) is 14.3 Å². The molecule has 1 aromatic rings. The number of para-hydroxylation sites is 1. The number of nitrogens with zero attached hydrogens (tertiary/aromatic N) is 2. The summed E-state index contributed by atoms with van der Waals surface area (Å²) in [5.41, 5.74) is 0.819. The number of morpholine rings is 1. The van der Waals surface area contributed by atoms with E-state index in [1.54, 1.807) is 18.1 Å². The van der Waals surface area contributed by atoms with Crippen LogP contribution in [0.25, 0.3) is 6.08 Å². The van der Waals surface area contributed by atoms with Crippen LogP contribution < -0.4 is 4.74 Å². The molecule has 2 aliphatic rings. The molecule has 2 aliphatic heterocycles. The first-order valence-corrected chi connectivity index (χ1v) is 9.56. The fraction of sp³-hybridized carbons (Fsp3) is 0.389. The summed E-state index contributed by atoms with van der Waals surface area (Å²) in [5, 5.41) is 0. The van der Waals surface area contributed by atoms with Crippen molar-refractivity contribution in [1.82, 2.24) is 9.80 Å². The van der Waals surface area contributed by atoms with E-state index in [-0.39, 0.29) is 18.2 Å². The molecule has 1 aromatic carbocycles. The number of amides is 2. The molecule has 8 heteroatoms. The third-order valence-corrected chi connectivity index (χ3v) is 5.59. The van der Waals surface area contributed by atoms with Gasteiger partial charge in [0.1, 0.15) is 10.1 Å². The van der Waals surface area contributed by atoms with Crippen LogP contribution in [0, 0.1) is 0 Å². The minimum atomic E-state index is -0.166. The van der Waals surface area contributed by atoms with Crippen LogP contribution in [-0.4, -0.2) is 65.9 Å². The van der Waals surface area contributed by atoms with Crippen molar-refractivity contribution in [1.29, 1.82) is 0 Å². The van der Waals surface area contributed by atoms with Crippen LogP contribution in [0.15, 0.2) is 29.2 Å². The smallest absolute Gasteiger partial charge is 0.266 e. The molecule has 2 saturated heterocycles. The lowest BCUT2D eigenvalue weighted by molar-refractivity contribution is -0.135. The topological polar surface area (TPSA) is 59.1 Å². The normalized spacial score (nSPS) is 19.3. The fourth-order valence-corrected chi connectivity index (χ4v) is 4.10. The van der Waals surface area contributed by atoms with Crippen LogP contribution in [0.1, 0.15) is 12.0 Å². The van der Waals surface area contributed by atoms with E-state index in [1.807, 2.05) is 24.3 Å². The summed E-state index contributed by atoms with van der Waals surface area (Å²) in [6.07, 6.45) is 2.04. The number of thiocarbonyl (C=S) groups is 1. The van der Waals surface area contributed by atoms with Crippen molar-refractivity contribution in [2.75, 3.05) is 40.0 Å². The lowest BCUT2D eigenvalue weighted by Crippen LogP contribution is -2.42. The van der Waals surface area contributed by atoms with Crippen molar-refractivity contribution in [3.8, 4) is 5.75 Å². The first-order valence-electron chi connectivity index (χ1n) is 8.34. The second kappa shape index (κ2) is 8.66. The molecule has 2 amide bonds. The van der Waals surface area contributed by atoms with Gasteiger partial charge in [-0.15, -0.1) is 0 Å². The zero-order valence-corrected chi connectivity index (χ0v) is 16.1. The lowest BCUT2D eigenvalue weighted by atomic mass is 10.2. The Morgan fingerprint density at radius 2 is 2.08 bits per heavy atom. The highest BCUT2D eigenvalue weighted by Gasteiger charge is 2.32. The van der Waals surface area contributed by atoms with E-state index < -0.39 is 0 Å². The maximum Gasteiger partial charge on any atom is 0.266 e. The Labute approximate surface area is 162 Å². The van der Waals surface area contributed by atoms with E-state index in [1.165, 1.54) is 16.7 Å². The molecule has 0 atom stereocenters. The Hall–Kier alpha value is -1.90. The first-order chi connectivity index (χ1) is 12.6. The molecule has 0 N–H and O–H groups in total. The predicted octanol–water partition coefficient (Wildman–Crippen LogP) is 2.15. The Morgan fingerprint density at radius 3 is 2.81 bits per heavy atom. The highest BCUT2D eigenvalue weighted by molar-refractivity contribution is 8.26. The van der Waals surface area contributed by atoms with Gasteiger partial charge in [0.15, 0.2) is 0 Å². The van der Waals surface area contributed by atoms with Gasteiger partial charge in [0.25, 0.3) is 5.91 Å². The first kappa shape index (κ1) is 18.9. The van der Waals surface area contributed by atoms with E-state index in [0.29, 0.717) is 47.8 Å². The predicted molar refractivity (Wildman–Crippen MR) is 105 cm³/mol. The zero-order chi connectivity index (χ0) is 18.5. The maximum absolute atomic E-state index is 12.7. The number of thioether (sulfide) groups is 1. The maximum atomic E-state index is 12.7. The Balaban J connectivity index is 1.65. The molecule has 26 heavy (non-hydrogen) atoms. The summed E-state index contributed by atoms with van der Waals surface area (Å²) in [6.45, 7) is 2.63. The summed E-state index contributed by atoms with van der Waals surface area (Å²) in [5.74, 6) is 0.553. The molecule has 0 bridgehead atoms. The molecular weight excluding hydrogens is 372 g/mol. The molecule has 0 saturated carbocycles. The lowest BCUT2D eigenvalue weighted by Gasteiger charge is -2.27. The minimum Gasteiger partial charge on any atom is -0.496 e. The molecule has 2 heterocycles. The van der Waals surface area contributed by atoms with Crippen LogP contribution in [0.5, 0.6) is 5.75 Å². The number of rotatable bonds is 5. The fourth-order valence-electron chi connectivity index (χ4n) is 2.80. The second-order valence-corrected chi connectivity index (χ2v) is 7.49. The number of carbonyl (C=O) groups is 2. The quantitative estimate of drug-likeness (QED) is 0.565. The van der Waals surface area contributed by atoms with E-state index in [4.69, 9.17) is 21.7 Å². The number of benzene rings is 1. The summed E-state index contributed by atoms with van der Waals surface area (Å²) in [7, 11) is 1.59. The Bertz CT molecular complexity index is 744. The Kier molecular flexibility index (Phi) is 6.29. The molecule has 0 spiro atoms. The van der Waals surface area contributed by atoms with Crippen molar-refractivity contribution in [3.63, 3.8) is 0 Å². The average molecular weight is 393 g/mol. The van der Waals surface area contributed by atoms with Gasteiger partial charge in [0, 0.05) is 31.6 Å². The molecule has 138 valence electrons. The van der Waals surface area contributed by atoms with Gasteiger partial charge in [-0.2, -0.15) is 0 Å². The molecule has 0 unspecified atom stereocenters. The van der Waals surface area contributed by atoms with Gasteiger partial charge in [-0.05, 0) is 12.1 Å². The molecule has 0 aromatic heterocycles. The van der Waals surface area contributed by atoms with E-state index in [0.717, 1.165) is 5.56 Å². The monoisotopic (exact) mass is 392 g/mol. The molecular formula is C18H20N2O4S2. The molecule has 0 aliphatic carbocycles. The van der Waals surface area contributed by atoms with Crippen LogP contribution in [0.3, 0.4) is 0 Å². The highest BCUT2D eigenvalue weighted by Crippen LogP contribution is 2.34. The van der Waals surface area contributed by atoms with Crippen molar-refractivity contribution >= 4 is 46.2 Å². The number of hydrogen-bond donors (Lipinski definition) is 0. The van der Waals surface area contributed by atoms with E-state index in [9.17, 15) is 9.59 Å². The van der Waals surface area contributed by atoms with Gasteiger partial charge >= 0.3 is 0 Å². The van der Waals surface area contributed by atoms with Gasteiger partial charge in [0.2, 0.25) is 5.91 Å². The minimum absolute atomic E-state index is 0.0241. The molecule has 2 fully saturated rings. The standard InChI is InChI=1S/C18H20N2O4S2/c1-23-14-5-3-2-4-13(14)12-15-17(22)20(18(25)26-15)7-6-16(21)19-8-10-24-11-9-19/h2-5,12H,6-11H2,1H3/b15-12-. The number of hydrogen-bond acceptors (Lipinski definition) is 6. The molecule has 6 nitrogen and oxygen atoms in total. The largest absolute Gasteiger partial charge is 0.496 e. The zero-order valence-electron chi connectivity index (χ0n) is 14.5. The summed E-state index contributed by atoms with van der Waals surface area (Å²) >= 11 is 6.58. The summed E-state index contributed by atoms with van der Waals surface area (Å²) in [4.78, 5) is 28.8. The highest BCUT2D eigenvalue weighted by atomic mass is 32.2. The third kappa shape index (κ3) is 4.25. The average Bonchev–Trinajstić information content (AvgIpc) is 2.94. The van der Waals surface area contributed by atoms with Crippen LogP contribution in [0.4, 0.5) is 0 Å². The van der Waals surface area contributed by atoms with Gasteiger partial charge < -0.3 is 14.4 Å². The molecule has 3 rings (SSSR count). The van der Waals surface area contributed by atoms with Gasteiger partial charge in [-0.25, -0.2) is 0 Å². The van der Waals surface area contributed by atoms with Crippen LogP contribution >= 0.6 is 24.0 Å². The van der Waals surface area contributed by atoms with Gasteiger partial charge in [0.05, 0.1) is 25.2 Å². The van der Waals surface area contributed by atoms with E-state index in [2.05, 4.69) is 0 Å². The summed E-state index contributed by atoms with van der Waals surface area (Å²) < 4.78 is 11.0. The third-order valence-electron chi connectivity index (χ3n) is 4.21.